The molecule has 1 aromatic heterocycles. The van der Waals surface area contributed by atoms with Crippen molar-refractivity contribution in [3.63, 3.8) is 0 Å². The molecule has 0 saturated carbocycles. The van der Waals surface area contributed by atoms with Gasteiger partial charge in [-0.25, -0.2) is 4.98 Å². The van der Waals surface area contributed by atoms with Crippen LogP contribution >= 0.6 is 11.5 Å². The van der Waals surface area contributed by atoms with Crippen LogP contribution in [0.1, 0.15) is 32.5 Å². The summed E-state index contributed by atoms with van der Waals surface area (Å²) in [6, 6.07) is 0. The number of carbonyl (C=O) groups is 1. The number of piperidine rings is 1. The fourth-order valence-corrected chi connectivity index (χ4v) is 2.88. The van der Waals surface area contributed by atoms with Gasteiger partial charge in [0.05, 0.1) is 12.5 Å². The van der Waals surface area contributed by atoms with Gasteiger partial charge in [0.2, 0.25) is 5.13 Å². The van der Waals surface area contributed by atoms with Gasteiger partial charge in [-0.3, -0.25) is 4.79 Å². The van der Waals surface area contributed by atoms with Gasteiger partial charge < -0.3 is 9.64 Å². The molecule has 18 heavy (non-hydrogen) atoms. The molecule has 100 valence electrons. The molecule has 0 N–H and O–H groups in total. The van der Waals surface area contributed by atoms with E-state index in [-0.39, 0.29) is 11.9 Å². The molecule has 0 atom stereocenters. The van der Waals surface area contributed by atoms with E-state index in [4.69, 9.17) is 4.74 Å². The largest absolute Gasteiger partial charge is 0.466 e. The lowest BCUT2D eigenvalue weighted by molar-refractivity contribution is -0.148. The van der Waals surface area contributed by atoms with E-state index in [1.54, 1.807) is 0 Å². The molecular formula is C12H19N3O2S. The fraction of sp³-hybridized carbons (Fsp3) is 0.750. The Morgan fingerprint density at radius 3 is 2.72 bits per heavy atom. The number of ether oxygens (including phenoxy) is 1. The molecule has 1 saturated heterocycles. The van der Waals surface area contributed by atoms with Gasteiger partial charge in [0.15, 0.2) is 0 Å². The van der Waals surface area contributed by atoms with Crippen LogP contribution in [-0.4, -0.2) is 35.0 Å². The molecule has 1 aliphatic rings. The van der Waals surface area contributed by atoms with Crippen LogP contribution in [0.25, 0.3) is 0 Å². The third kappa shape index (κ3) is 2.98. The highest BCUT2D eigenvalue weighted by molar-refractivity contribution is 7.09. The molecule has 0 bridgehead atoms. The minimum absolute atomic E-state index is 0.0522. The summed E-state index contributed by atoms with van der Waals surface area (Å²) in [6.45, 7) is 6.10. The van der Waals surface area contributed by atoms with E-state index in [2.05, 4.69) is 21.2 Å². The summed E-state index contributed by atoms with van der Waals surface area (Å²) >= 11 is 1.45. The average molecular weight is 269 g/mol. The first-order chi connectivity index (χ1) is 8.74. The molecule has 0 aliphatic carbocycles. The van der Waals surface area contributed by atoms with Gasteiger partial charge in [0, 0.05) is 31.0 Å². The lowest BCUT2D eigenvalue weighted by Gasteiger charge is -2.30. The second-order valence-electron chi connectivity index (χ2n) is 4.36. The number of rotatable bonds is 4. The number of anilines is 1. The van der Waals surface area contributed by atoms with E-state index >= 15 is 0 Å². The Bertz CT molecular complexity index is 400. The van der Waals surface area contributed by atoms with Crippen molar-refractivity contribution in [1.82, 2.24) is 9.36 Å². The highest BCUT2D eigenvalue weighted by Crippen LogP contribution is 2.25. The van der Waals surface area contributed by atoms with Gasteiger partial charge in [-0.15, -0.1) is 0 Å². The summed E-state index contributed by atoms with van der Waals surface area (Å²) in [7, 11) is 0. The molecule has 0 amide bonds. The van der Waals surface area contributed by atoms with E-state index in [1.165, 1.54) is 11.5 Å². The molecule has 6 heteroatoms. The van der Waals surface area contributed by atoms with Crippen molar-refractivity contribution < 1.29 is 9.53 Å². The number of esters is 1. The van der Waals surface area contributed by atoms with Crippen LogP contribution in [-0.2, 0) is 16.0 Å². The lowest BCUT2D eigenvalue weighted by Crippen LogP contribution is -2.36. The zero-order valence-electron chi connectivity index (χ0n) is 10.9. The summed E-state index contributed by atoms with van der Waals surface area (Å²) in [5, 5.41) is 0.981. The number of aryl methyl sites for hydroxylation is 1. The normalized spacial score (nSPS) is 16.9. The van der Waals surface area contributed by atoms with Gasteiger partial charge in [0.25, 0.3) is 0 Å². The van der Waals surface area contributed by atoms with Gasteiger partial charge in [-0.05, 0) is 19.8 Å². The predicted molar refractivity (Wildman–Crippen MR) is 70.9 cm³/mol. The molecule has 2 heterocycles. The van der Waals surface area contributed by atoms with Crippen LogP contribution in [0.3, 0.4) is 0 Å². The molecule has 1 fully saturated rings. The van der Waals surface area contributed by atoms with E-state index in [9.17, 15) is 4.79 Å². The predicted octanol–water partition coefficient (Wildman–Crippen LogP) is 1.88. The minimum Gasteiger partial charge on any atom is -0.466 e. The summed E-state index contributed by atoms with van der Waals surface area (Å²) < 4.78 is 9.35. The summed E-state index contributed by atoms with van der Waals surface area (Å²) in [5.41, 5.74) is 0. The first-order valence-electron chi connectivity index (χ1n) is 6.48. The van der Waals surface area contributed by atoms with Crippen molar-refractivity contribution in [2.45, 2.75) is 33.1 Å². The van der Waals surface area contributed by atoms with E-state index in [1.807, 2.05) is 6.92 Å². The quantitative estimate of drug-likeness (QED) is 0.781. The average Bonchev–Trinajstić information content (AvgIpc) is 2.88. The smallest absolute Gasteiger partial charge is 0.309 e. The van der Waals surface area contributed by atoms with Crippen molar-refractivity contribution in [3.05, 3.63) is 5.82 Å². The van der Waals surface area contributed by atoms with E-state index < -0.39 is 0 Å². The second kappa shape index (κ2) is 6.13. The zero-order chi connectivity index (χ0) is 13.0. The Labute approximate surface area is 111 Å². The maximum Gasteiger partial charge on any atom is 0.309 e. The summed E-state index contributed by atoms with van der Waals surface area (Å²) in [6.07, 6.45) is 2.57. The van der Waals surface area contributed by atoms with Gasteiger partial charge >= 0.3 is 5.97 Å². The van der Waals surface area contributed by atoms with Crippen molar-refractivity contribution in [3.8, 4) is 0 Å². The van der Waals surface area contributed by atoms with Gasteiger partial charge in [-0.1, -0.05) is 6.92 Å². The van der Waals surface area contributed by atoms with Crippen LogP contribution in [0.4, 0.5) is 5.13 Å². The van der Waals surface area contributed by atoms with Crippen molar-refractivity contribution in [2.24, 2.45) is 5.92 Å². The SMILES string of the molecule is CCOC(=O)C1CCN(c2nc(CC)ns2)CC1. The molecule has 0 radical (unpaired) electrons. The highest BCUT2D eigenvalue weighted by atomic mass is 32.1. The van der Waals surface area contributed by atoms with Gasteiger partial charge in [-0.2, -0.15) is 4.37 Å². The van der Waals surface area contributed by atoms with Crippen molar-refractivity contribution in [2.75, 3.05) is 24.6 Å². The topological polar surface area (TPSA) is 55.3 Å². The lowest BCUT2D eigenvalue weighted by atomic mass is 9.97. The maximum atomic E-state index is 11.6. The summed E-state index contributed by atoms with van der Waals surface area (Å²) in [5.74, 6) is 0.908. The van der Waals surface area contributed by atoms with Crippen molar-refractivity contribution >= 4 is 22.6 Å². The molecule has 0 unspecified atom stereocenters. The van der Waals surface area contributed by atoms with Gasteiger partial charge in [0.1, 0.15) is 5.82 Å². The zero-order valence-corrected chi connectivity index (χ0v) is 11.7. The van der Waals surface area contributed by atoms with Crippen LogP contribution in [0, 0.1) is 5.92 Å². The Hall–Kier alpha value is -1.17. The van der Waals surface area contributed by atoms with Crippen LogP contribution < -0.4 is 4.90 Å². The first kappa shape index (κ1) is 13.3. The Morgan fingerprint density at radius 1 is 1.44 bits per heavy atom. The molecular weight excluding hydrogens is 250 g/mol. The molecule has 1 aromatic rings. The Kier molecular flexibility index (Phi) is 4.52. The van der Waals surface area contributed by atoms with Crippen LogP contribution in [0.2, 0.25) is 0 Å². The molecule has 2 rings (SSSR count). The minimum atomic E-state index is -0.0522. The molecule has 1 aliphatic heterocycles. The number of carbonyl (C=O) groups excluding carboxylic acids is 1. The third-order valence-electron chi connectivity index (χ3n) is 3.16. The number of hydrogen-bond acceptors (Lipinski definition) is 6. The number of aromatic nitrogens is 2. The molecule has 5 nitrogen and oxygen atoms in total. The molecule has 0 spiro atoms. The Balaban J connectivity index is 1.88. The third-order valence-corrected chi connectivity index (χ3v) is 3.97. The maximum absolute atomic E-state index is 11.6. The monoisotopic (exact) mass is 269 g/mol. The first-order valence-corrected chi connectivity index (χ1v) is 7.26. The standard InChI is InChI=1S/C12H19N3O2S/c1-3-10-13-12(18-14-10)15-7-5-9(6-8-15)11(16)17-4-2/h9H,3-8H2,1-2H3. The highest BCUT2D eigenvalue weighted by Gasteiger charge is 2.27. The number of nitrogens with zero attached hydrogens (tertiary/aromatic N) is 3. The fourth-order valence-electron chi connectivity index (χ4n) is 2.08. The van der Waals surface area contributed by atoms with Crippen molar-refractivity contribution in [1.29, 1.82) is 0 Å². The Morgan fingerprint density at radius 2 is 2.17 bits per heavy atom. The van der Waals surface area contributed by atoms with E-state index in [0.29, 0.717) is 6.61 Å². The second-order valence-corrected chi connectivity index (χ2v) is 5.09. The van der Waals surface area contributed by atoms with Crippen LogP contribution in [0.15, 0.2) is 0 Å². The number of hydrogen-bond donors (Lipinski definition) is 0. The molecule has 0 aromatic carbocycles. The van der Waals surface area contributed by atoms with E-state index in [0.717, 1.165) is 43.3 Å². The summed E-state index contributed by atoms with van der Waals surface area (Å²) in [4.78, 5) is 18.3. The van der Waals surface area contributed by atoms with Crippen LogP contribution in [0.5, 0.6) is 0 Å².